The van der Waals surface area contributed by atoms with E-state index in [4.69, 9.17) is 5.73 Å². The van der Waals surface area contributed by atoms with Crippen LogP contribution in [-0.2, 0) is 0 Å². The first kappa shape index (κ1) is 13.4. The van der Waals surface area contributed by atoms with Crippen LogP contribution < -0.4 is 10.6 Å². The monoisotopic (exact) mass is 246 g/mol. The van der Waals surface area contributed by atoms with E-state index in [9.17, 15) is 0 Å². The van der Waals surface area contributed by atoms with Gasteiger partial charge in [-0.05, 0) is 76.3 Å². The highest BCUT2D eigenvalue weighted by Gasteiger charge is 2.34. The van der Waals surface area contributed by atoms with Crippen molar-refractivity contribution in [1.29, 1.82) is 0 Å². The fourth-order valence-electron chi connectivity index (χ4n) is 3.11. The molecular weight excluding hydrogens is 220 g/mol. The quantitative estimate of drug-likeness (QED) is 0.868. The lowest BCUT2D eigenvalue weighted by molar-refractivity contribution is 0.279. The number of benzene rings is 1. The molecule has 1 aromatic rings. The number of nitrogens with two attached hydrogens (primary N) is 1. The maximum atomic E-state index is 5.83. The zero-order valence-electron chi connectivity index (χ0n) is 12.2. The lowest BCUT2D eigenvalue weighted by atomic mass is 9.82. The van der Waals surface area contributed by atoms with Crippen molar-refractivity contribution in [2.45, 2.75) is 46.1 Å². The van der Waals surface area contributed by atoms with Gasteiger partial charge in [0.15, 0.2) is 0 Å². The number of anilines is 1. The van der Waals surface area contributed by atoms with Gasteiger partial charge in [0.05, 0.1) is 0 Å². The van der Waals surface area contributed by atoms with Gasteiger partial charge in [-0.2, -0.15) is 0 Å². The highest BCUT2D eigenvalue weighted by molar-refractivity contribution is 5.53. The Morgan fingerprint density at radius 2 is 2.00 bits per heavy atom. The van der Waals surface area contributed by atoms with Gasteiger partial charge >= 0.3 is 0 Å². The summed E-state index contributed by atoms with van der Waals surface area (Å²) >= 11 is 0. The van der Waals surface area contributed by atoms with E-state index in [-0.39, 0.29) is 5.54 Å². The van der Waals surface area contributed by atoms with E-state index in [1.807, 2.05) is 0 Å². The van der Waals surface area contributed by atoms with Gasteiger partial charge in [-0.15, -0.1) is 0 Å². The molecule has 100 valence electrons. The third kappa shape index (κ3) is 2.54. The van der Waals surface area contributed by atoms with Crippen LogP contribution in [0.2, 0.25) is 0 Å². The molecule has 1 aliphatic heterocycles. The molecule has 0 saturated carbocycles. The van der Waals surface area contributed by atoms with Gasteiger partial charge in [0, 0.05) is 17.8 Å². The fraction of sp³-hybridized carbons (Fsp3) is 0.625. The fourth-order valence-corrected chi connectivity index (χ4v) is 3.11. The summed E-state index contributed by atoms with van der Waals surface area (Å²) in [6.07, 6.45) is 2.41. The number of rotatable bonds is 2. The summed E-state index contributed by atoms with van der Waals surface area (Å²) in [5.41, 5.74) is 10.2. The molecule has 2 heteroatoms. The van der Waals surface area contributed by atoms with E-state index in [0.717, 1.165) is 13.1 Å². The van der Waals surface area contributed by atoms with E-state index < -0.39 is 0 Å². The van der Waals surface area contributed by atoms with Gasteiger partial charge in [0.1, 0.15) is 0 Å². The third-order valence-electron chi connectivity index (χ3n) is 4.42. The first-order valence-electron chi connectivity index (χ1n) is 6.99. The van der Waals surface area contributed by atoms with Crippen molar-refractivity contribution in [3.63, 3.8) is 0 Å². The summed E-state index contributed by atoms with van der Waals surface area (Å²) in [6, 6.07) is 6.81. The molecule has 1 saturated heterocycles. The van der Waals surface area contributed by atoms with E-state index in [1.54, 1.807) is 0 Å². The van der Waals surface area contributed by atoms with Crippen LogP contribution in [0.15, 0.2) is 18.2 Å². The molecule has 0 amide bonds. The first-order valence-corrected chi connectivity index (χ1v) is 6.99. The molecular formula is C16H26N2. The van der Waals surface area contributed by atoms with Crippen LogP contribution in [0.5, 0.6) is 0 Å². The van der Waals surface area contributed by atoms with E-state index >= 15 is 0 Å². The van der Waals surface area contributed by atoms with Gasteiger partial charge in [0.2, 0.25) is 0 Å². The summed E-state index contributed by atoms with van der Waals surface area (Å²) in [4.78, 5) is 2.55. The Kier molecular flexibility index (Phi) is 3.67. The molecule has 0 spiro atoms. The minimum Gasteiger partial charge on any atom is -0.366 e. The zero-order valence-corrected chi connectivity index (χ0v) is 12.2. The molecule has 0 aromatic heterocycles. The van der Waals surface area contributed by atoms with Crippen molar-refractivity contribution in [3.05, 3.63) is 29.3 Å². The van der Waals surface area contributed by atoms with Gasteiger partial charge in [-0.3, -0.25) is 0 Å². The number of hydrogen-bond acceptors (Lipinski definition) is 2. The molecule has 2 N–H and O–H groups in total. The highest BCUT2D eigenvalue weighted by atomic mass is 15.2. The summed E-state index contributed by atoms with van der Waals surface area (Å²) in [7, 11) is 0. The van der Waals surface area contributed by atoms with Crippen LogP contribution in [0.25, 0.3) is 0 Å². The summed E-state index contributed by atoms with van der Waals surface area (Å²) in [5.74, 6) is 0.683. The van der Waals surface area contributed by atoms with Crippen molar-refractivity contribution >= 4 is 5.69 Å². The Labute approximate surface area is 111 Å². The van der Waals surface area contributed by atoms with Crippen LogP contribution >= 0.6 is 0 Å². The molecule has 1 atom stereocenters. The SMILES string of the molecule is Cc1ccc(N2CCC(CN)CC2(C)C)cc1C. The molecule has 1 unspecified atom stereocenters. The number of aryl methyl sites for hydroxylation is 2. The average molecular weight is 246 g/mol. The number of nitrogens with zero attached hydrogens (tertiary/aromatic N) is 1. The van der Waals surface area contributed by atoms with Crippen molar-refractivity contribution in [3.8, 4) is 0 Å². The van der Waals surface area contributed by atoms with Crippen LogP contribution in [-0.4, -0.2) is 18.6 Å². The second-order valence-corrected chi connectivity index (χ2v) is 6.33. The second kappa shape index (κ2) is 4.93. The minimum atomic E-state index is 0.212. The van der Waals surface area contributed by atoms with Crippen LogP contribution in [0, 0.1) is 19.8 Å². The predicted octanol–water partition coefficient (Wildman–Crippen LogP) is 3.26. The van der Waals surface area contributed by atoms with E-state index in [1.165, 1.54) is 29.7 Å². The molecule has 1 fully saturated rings. The molecule has 1 aromatic carbocycles. The molecule has 0 radical (unpaired) electrons. The van der Waals surface area contributed by atoms with Gasteiger partial charge in [0.25, 0.3) is 0 Å². The lowest BCUT2D eigenvalue weighted by Crippen LogP contribution is -2.51. The van der Waals surface area contributed by atoms with Crippen molar-refractivity contribution in [2.24, 2.45) is 11.7 Å². The smallest absolute Gasteiger partial charge is 0.0373 e. The number of hydrogen-bond donors (Lipinski definition) is 1. The maximum absolute atomic E-state index is 5.83. The molecule has 2 rings (SSSR count). The molecule has 1 aliphatic rings. The maximum Gasteiger partial charge on any atom is 0.0373 e. The van der Waals surface area contributed by atoms with E-state index in [0.29, 0.717) is 5.92 Å². The second-order valence-electron chi connectivity index (χ2n) is 6.33. The Bertz CT molecular complexity index is 423. The van der Waals surface area contributed by atoms with Crippen LogP contribution in [0.1, 0.15) is 37.8 Å². The topological polar surface area (TPSA) is 29.3 Å². The molecule has 2 nitrogen and oxygen atoms in total. The van der Waals surface area contributed by atoms with E-state index in [2.05, 4.69) is 50.8 Å². The predicted molar refractivity (Wildman–Crippen MR) is 79.1 cm³/mol. The molecule has 18 heavy (non-hydrogen) atoms. The molecule has 1 heterocycles. The normalized spacial score (nSPS) is 23.2. The Balaban J connectivity index is 2.25. The van der Waals surface area contributed by atoms with Crippen molar-refractivity contribution < 1.29 is 0 Å². The van der Waals surface area contributed by atoms with Crippen molar-refractivity contribution in [2.75, 3.05) is 18.0 Å². The Hall–Kier alpha value is -1.02. The molecule has 0 aliphatic carbocycles. The summed E-state index contributed by atoms with van der Waals surface area (Å²) in [6.45, 7) is 11.0. The summed E-state index contributed by atoms with van der Waals surface area (Å²) < 4.78 is 0. The largest absolute Gasteiger partial charge is 0.366 e. The van der Waals surface area contributed by atoms with Crippen molar-refractivity contribution in [1.82, 2.24) is 0 Å². The number of piperidine rings is 1. The standard InChI is InChI=1S/C16H26N2/c1-12-5-6-15(9-13(12)2)18-8-7-14(11-17)10-16(18,3)4/h5-6,9,14H,7-8,10-11,17H2,1-4H3. The zero-order chi connectivity index (χ0) is 13.3. The lowest BCUT2D eigenvalue weighted by Gasteiger charge is -2.47. The van der Waals surface area contributed by atoms with Crippen LogP contribution in [0.3, 0.4) is 0 Å². The molecule has 0 bridgehead atoms. The van der Waals surface area contributed by atoms with Crippen LogP contribution in [0.4, 0.5) is 5.69 Å². The minimum absolute atomic E-state index is 0.212. The Morgan fingerprint density at radius 1 is 1.28 bits per heavy atom. The highest BCUT2D eigenvalue weighted by Crippen LogP contribution is 2.35. The Morgan fingerprint density at radius 3 is 2.56 bits per heavy atom. The first-order chi connectivity index (χ1) is 8.44. The van der Waals surface area contributed by atoms with Gasteiger partial charge < -0.3 is 10.6 Å². The summed E-state index contributed by atoms with van der Waals surface area (Å²) in [5, 5.41) is 0. The van der Waals surface area contributed by atoms with Gasteiger partial charge in [-0.1, -0.05) is 6.07 Å². The third-order valence-corrected chi connectivity index (χ3v) is 4.42. The van der Waals surface area contributed by atoms with Gasteiger partial charge in [-0.25, -0.2) is 0 Å². The average Bonchev–Trinajstić information content (AvgIpc) is 2.31.